The zero-order chi connectivity index (χ0) is 18.4. The van der Waals surface area contributed by atoms with E-state index in [1.54, 1.807) is 6.07 Å². The Morgan fingerprint density at radius 1 is 1.08 bits per heavy atom. The zero-order valence-electron chi connectivity index (χ0n) is 15.4. The maximum atomic E-state index is 14.2. The van der Waals surface area contributed by atoms with Crippen LogP contribution in [0.1, 0.15) is 5.56 Å². The highest BCUT2D eigenvalue weighted by atomic mass is 19.1. The van der Waals surface area contributed by atoms with Crippen molar-refractivity contribution in [1.29, 1.82) is 0 Å². The summed E-state index contributed by atoms with van der Waals surface area (Å²) in [6.07, 6.45) is 0. The SMILES string of the molecule is CN(C)Cc1ccccc1-c1cc(F)cc(OCC2COCCOC2)c1. The Hall–Kier alpha value is -1.95. The first-order valence-corrected chi connectivity index (χ1v) is 8.93. The second-order valence-corrected chi connectivity index (χ2v) is 6.90. The van der Waals surface area contributed by atoms with Gasteiger partial charge in [-0.2, -0.15) is 0 Å². The molecule has 0 N–H and O–H groups in total. The Balaban J connectivity index is 1.77. The third-order valence-corrected chi connectivity index (χ3v) is 4.25. The van der Waals surface area contributed by atoms with E-state index in [-0.39, 0.29) is 11.7 Å². The molecule has 0 radical (unpaired) electrons. The lowest BCUT2D eigenvalue weighted by Crippen LogP contribution is -2.20. The summed E-state index contributed by atoms with van der Waals surface area (Å²) in [6, 6.07) is 12.9. The predicted molar refractivity (Wildman–Crippen MR) is 99.9 cm³/mol. The molecule has 0 aliphatic carbocycles. The van der Waals surface area contributed by atoms with Crippen molar-refractivity contribution in [3.63, 3.8) is 0 Å². The minimum atomic E-state index is -0.300. The van der Waals surface area contributed by atoms with E-state index in [1.807, 2.05) is 38.4 Å². The van der Waals surface area contributed by atoms with Gasteiger partial charge in [-0.3, -0.25) is 0 Å². The molecule has 1 saturated heterocycles. The third-order valence-electron chi connectivity index (χ3n) is 4.25. The number of rotatable bonds is 6. The molecule has 3 rings (SSSR count). The Morgan fingerprint density at radius 3 is 2.54 bits per heavy atom. The summed E-state index contributed by atoms with van der Waals surface area (Å²) in [5, 5.41) is 0. The lowest BCUT2D eigenvalue weighted by Gasteiger charge is -2.17. The Labute approximate surface area is 154 Å². The normalized spacial score (nSPS) is 15.8. The number of ether oxygens (including phenoxy) is 3. The van der Waals surface area contributed by atoms with Crippen LogP contribution in [0.4, 0.5) is 4.39 Å². The lowest BCUT2D eigenvalue weighted by atomic mass is 9.99. The summed E-state index contributed by atoms with van der Waals surface area (Å²) in [5.74, 6) is 0.389. The Morgan fingerprint density at radius 2 is 1.81 bits per heavy atom. The summed E-state index contributed by atoms with van der Waals surface area (Å²) >= 11 is 0. The molecule has 1 aliphatic rings. The van der Waals surface area contributed by atoms with E-state index < -0.39 is 0 Å². The number of hydrogen-bond acceptors (Lipinski definition) is 4. The molecule has 1 fully saturated rings. The molecule has 0 bridgehead atoms. The van der Waals surface area contributed by atoms with Crippen LogP contribution in [0.3, 0.4) is 0 Å². The van der Waals surface area contributed by atoms with Gasteiger partial charge in [0.1, 0.15) is 11.6 Å². The standard InChI is InChI=1S/C21H26FNO3/c1-23(2)12-17-5-3-4-6-21(17)18-9-19(22)11-20(10-18)26-15-16-13-24-7-8-25-14-16/h3-6,9-11,16H,7-8,12-15H2,1-2H3. The minimum Gasteiger partial charge on any atom is -0.493 e. The Bertz CT molecular complexity index is 712. The molecule has 4 nitrogen and oxygen atoms in total. The molecule has 1 aliphatic heterocycles. The van der Waals surface area contributed by atoms with E-state index in [2.05, 4.69) is 11.0 Å². The van der Waals surface area contributed by atoms with Gasteiger partial charge in [-0.25, -0.2) is 4.39 Å². The minimum absolute atomic E-state index is 0.158. The van der Waals surface area contributed by atoms with Gasteiger partial charge < -0.3 is 19.1 Å². The number of benzene rings is 2. The molecule has 0 aromatic heterocycles. The van der Waals surface area contributed by atoms with Crippen LogP contribution in [0.25, 0.3) is 11.1 Å². The molecule has 0 atom stereocenters. The van der Waals surface area contributed by atoms with Gasteiger partial charge in [0.25, 0.3) is 0 Å². The molecule has 0 spiro atoms. The second-order valence-electron chi connectivity index (χ2n) is 6.90. The smallest absolute Gasteiger partial charge is 0.127 e. The van der Waals surface area contributed by atoms with E-state index in [0.29, 0.717) is 38.8 Å². The van der Waals surface area contributed by atoms with E-state index in [9.17, 15) is 4.39 Å². The highest BCUT2D eigenvalue weighted by Gasteiger charge is 2.15. The monoisotopic (exact) mass is 359 g/mol. The topological polar surface area (TPSA) is 30.9 Å². The first-order chi connectivity index (χ1) is 12.6. The second kappa shape index (κ2) is 9.12. The maximum Gasteiger partial charge on any atom is 0.127 e. The van der Waals surface area contributed by atoms with Crippen molar-refractivity contribution >= 4 is 0 Å². The molecule has 0 amide bonds. The van der Waals surface area contributed by atoms with Crippen molar-refractivity contribution in [3.8, 4) is 16.9 Å². The summed E-state index contributed by atoms with van der Waals surface area (Å²) < 4.78 is 31.0. The molecule has 0 unspecified atom stereocenters. The van der Waals surface area contributed by atoms with Gasteiger partial charge in [0, 0.05) is 18.5 Å². The first kappa shape index (κ1) is 18.8. The van der Waals surface area contributed by atoms with Crippen LogP contribution in [0.2, 0.25) is 0 Å². The van der Waals surface area contributed by atoms with Crippen LogP contribution in [0.15, 0.2) is 42.5 Å². The Kier molecular flexibility index (Phi) is 6.61. The quantitative estimate of drug-likeness (QED) is 0.789. The van der Waals surface area contributed by atoms with Crippen LogP contribution >= 0.6 is 0 Å². The van der Waals surface area contributed by atoms with Crippen LogP contribution in [-0.4, -0.2) is 52.0 Å². The molecule has 0 saturated carbocycles. The van der Waals surface area contributed by atoms with Crippen molar-refractivity contribution in [3.05, 3.63) is 53.8 Å². The van der Waals surface area contributed by atoms with E-state index in [0.717, 1.165) is 23.2 Å². The zero-order valence-corrected chi connectivity index (χ0v) is 15.4. The highest BCUT2D eigenvalue weighted by molar-refractivity contribution is 5.68. The fourth-order valence-corrected chi connectivity index (χ4v) is 3.06. The average molecular weight is 359 g/mol. The van der Waals surface area contributed by atoms with Gasteiger partial charge in [-0.1, -0.05) is 24.3 Å². The molecule has 1 heterocycles. The van der Waals surface area contributed by atoms with Crippen LogP contribution in [0.5, 0.6) is 5.75 Å². The lowest BCUT2D eigenvalue weighted by molar-refractivity contribution is 0.101. The number of hydrogen-bond donors (Lipinski definition) is 0. The fraction of sp³-hybridized carbons (Fsp3) is 0.429. The predicted octanol–water partition coefficient (Wildman–Crippen LogP) is 3.60. The third kappa shape index (κ3) is 5.27. The van der Waals surface area contributed by atoms with Crippen LogP contribution in [-0.2, 0) is 16.0 Å². The van der Waals surface area contributed by atoms with Gasteiger partial charge in [0.15, 0.2) is 0 Å². The first-order valence-electron chi connectivity index (χ1n) is 8.93. The van der Waals surface area contributed by atoms with E-state index in [1.165, 1.54) is 6.07 Å². The van der Waals surface area contributed by atoms with Crippen LogP contribution in [0, 0.1) is 11.7 Å². The maximum absolute atomic E-state index is 14.2. The van der Waals surface area contributed by atoms with Gasteiger partial charge in [0.05, 0.1) is 33.0 Å². The van der Waals surface area contributed by atoms with Gasteiger partial charge in [0.2, 0.25) is 0 Å². The molecule has 2 aromatic carbocycles. The summed E-state index contributed by atoms with van der Waals surface area (Å²) in [4.78, 5) is 2.10. The fourth-order valence-electron chi connectivity index (χ4n) is 3.06. The molecule has 26 heavy (non-hydrogen) atoms. The van der Waals surface area contributed by atoms with E-state index >= 15 is 0 Å². The van der Waals surface area contributed by atoms with Gasteiger partial charge >= 0.3 is 0 Å². The largest absolute Gasteiger partial charge is 0.493 e. The summed E-state index contributed by atoms with van der Waals surface area (Å²) in [6.45, 7) is 3.68. The molecule has 5 heteroatoms. The molecule has 140 valence electrons. The van der Waals surface area contributed by atoms with Crippen molar-refractivity contribution < 1.29 is 18.6 Å². The summed E-state index contributed by atoms with van der Waals surface area (Å²) in [5.41, 5.74) is 3.00. The highest BCUT2D eigenvalue weighted by Crippen LogP contribution is 2.29. The molecule has 2 aromatic rings. The van der Waals surface area contributed by atoms with Crippen molar-refractivity contribution in [2.75, 3.05) is 47.1 Å². The molecular formula is C21H26FNO3. The van der Waals surface area contributed by atoms with Gasteiger partial charge in [-0.15, -0.1) is 0 Å². The number of nitrogens with zero attached hydrogens (tertiary/aromatic N) is 1. The van der Waals surface area contributed by atoms with Crippen molar-refractivity contribution in [2.24, 2.45) is 5.92 Å². The van der Waals surface area contributed by atoms with Crippen molar-refractivity contribution in [1.82, 2.24) is 4.90 Å². The van der Waals surface area contributed by atoms with Gasteiger partial charge in [-0.05, 0) is 42.9 Å². The molecular weight excluding hydrogens is 333 g/mol. The van der Waals surface area contributed by atoms with Crippen LogP contribution < -0.4 is 4.74 Å². The average Bonchev–Trinajstić information content (AvgIpc) is 2.88. The van der Waals surface area contributed by atoms with E-state index in [4.69, 9.17) is 14.2 Å². The van der Waals surface area contributed by atoms with Crippen molar-refractivity contribution in [2.45, 2.75) is 6.54 Å². The summed E-state index contributed by atoms with van der Waals surface area (Å²) in [7, 11) is 4.04. The number of halogens is 1.